The zero-order valence-electron chi connectivity index (χ0n) is 18.1. The third-order valence-corrected chi connectivity index (χ3v) is 5.28. The number of ether oxygens (including phenoxy) is 2. The first kappa shape index (κ1) is 22.5. The molecule has 164 valence electrons. The fourth-order valence-electron chi connectivity index (χ4n) is 3.63. The number of carbonyl (C=O) groups is 2. The molecular formula is C24H28N2O5. The molecule has 1 aromatic heterocycles. The van der Waals surface area contributed by atoms with Crippen LogP contribution in [-0.2, 0) is 14.3 Å². The zero-order valence-corrected chi connectivity index (χ0v) is 18.1. The van der Waals surface area contributed by atoms with E-state index in [0.717, 1.165) is 24.2 Å². The molecule has 0 saturated carbocycles. The van der Waals surface area contributed by atoms with Gasteiger partial charge in [0.1, 0.15) is 11.5 Å². The standard InChI is InChI=1S/C24H28N2O5/c1-4-5-12-31-19-9-8-17(14-16(19)2)22(27)20-21(18-7-6-10-25-15-18)26(11-13-30-3)24(29)23(20)28/h6-10,14-15,21,27H,4-5,11-13H2,1-3H3/b22-20+/t21-/m0/s1. The van der Waals surface area contributed by atoms with E-state index in [4.69, 9.17) is 9.47 Å². The highest BCUT2D eigenvalue weighted by atomic mass is 16.5. The van der Waals surface area contributed by atoms with Gasteiger partial charge in [-0.2, -0.15) is 0 Å². The molecule has 1 aliphatic rings. The summed E-state index contributed by atoms with van der Waals surface area (Å²) in [5.74, 6) is -0.864. The predicted molar refractivity (Wildman–Crippen MR) is 117 cm³/mol. The highest BCUT2D eigenvalue weighted by molar-refractivity contribution is 6.46. The molecule has 1 aliphatic heterocycles. The molecular weight excluding hydrogens is 396 g/mol. The SMILES string of the molecule is CCCCOc1ccc(/C(O)=C2\C(=O)C(=O)N(CCOC)[C@H]2c2cccnc2)cc1C. The van der Waals surface area contributed by atoms with Crippen LogP contribution in [0.5, 0.6) is 5.75 Å². The molecule has 0 aliphatic carbocycles. The lowest BCUT2D eigenvalue weighted by molar-refractivity contribution is -0.140. The third kappa shape index (κ3) is 4.77. The minimum atomic E-state index is -0.732. The molecule has 1 saturated heterocycles. The van der Waals surface area contributed by atoms with E-state index >= 15 is 0 Å². The molecule has 7 nitrogen and oxygen atoms in total. The number of aromatic nitrogens is 1. The van der Waals surface area contributed by atoms with Crippen molar-refractivity contribution in [2.45, 2.75) is 32.7 Å². The summed E-state index contributed by atoms with van der Waals surface area (Å²) >= 11 is 0. The number of pyridine rings is 1. The van der Waals surface area contributed by atoms with Crippen LogP contribution >= 0.6 is 0 Å². The molecule has 0 unspecified atom stereocenters. The minimum Gasteiger partial charge on any atom is -0.507 e. The number of aliphatic hydroxyl groups excluding tert-OH is 1. The number of methoxy groups -OCH3 is 1. The Morgan fingerprint density at radius 1 is 1.23 bits per heavy atom. The van der Waals surface area contributed by atoms with Gasteiger partial charge in [0.05, 0.1) is 24.8 Å². The Morgan fingerprint density at radius 3 is 2.68 bits per heavy atom. The number of amides is 1. The van der Waals surface area contributed by atoms with E-state index in [1.807, 2.05) is 6.92 Å². The van der Waals surface area contributed by atoms with Crippen molar-refractivity contribution in [1.29, 1.82) is 0 Å². The van der Waals surface area contributed by atoms with Crippen LogP contribution in [0.2, 0.25) is 0 Å². The number of rotatable bonds is 9. The van der Waals surface area contributed by atoms with Gasteiger partial charge in [-0.25, -0.2) is 0 Å². The van der Waals surface area contributed by atoms with E-state index < -0.39 is 17.7 Å². The summed E-state index contributed by atoms with van der Waals surface area (Å²) in [6, 6.07) is 8.03. The van der Waals surface area contributed by atoms with Crippen molar-refractivity contribution < 1.29 is 24.2 Å². The van der Waals surface area contributed by atoms with Crippen molar-refractivity contribution in [3.8, 4) is 5.75 Å². The maximum atomic E-state index is 12.9. The molecule has 0 radical (unpaired) electrons. The molecule has 3 rings (SSSR count). The molecule has 1 atom stereocenters. The van der Waals surface area contributed by atoms with E-state index in [1.54, 1.807) is 42.7 Å². The van der Waals surface area contributed by atoms with E-state index in [0.29, 0.717) is 17.7 Å². The number of aryl methyl sites for hydroxylation is 1. The van der Waals surface area contributed by atoms with Crippen LogP contribution in [0.1, 0.15) is 42.5 Å². The summed E-state index contributed by atoms with van der Waals surface area (Å²) in [4.78, 5) is 31.2. The number of hydrogen-bond donors (Lipinski definition) is 1. The lowest BCUT2D eigenvalue weighted by Gasteiger charge is -2.24. The summed E-state index contributed by atoms with van der Waals surface area (Å²) < 4.78 is 10.9. The summed E-state index contributed by atoms with van der Waals surface area (Å²) in [5, 5.41) is 11.1. The van der Waals surface area contributed by atoms with Crippen LogP contribution < -0.4 is 4.74 Å². The first-order valence-electron chi connectivity index (χ1n) is 10.4. The number of carbonyl (C=O) groups excluding carboxylic acids is 2. The van der Waals surface area contributed by atoms with Gasteiger partial charge in [0, 0.05) is 31.6 Å². The second kappa shape index (κ2) is 10.2. The van der Waals surface area contributed by atoms with Crippen LogP contribution in [0.15, 0.2) is 48.3 Å². The molecule has 0 bridgehead atoms. The maximum absolute atomic E-state index is 12.9. The highest BCUT2D eigenvalue weighted by Gasteiger charge is 2.46. The van der Waals surface area contributed by atoms with Gasteiger partial charge in [0.15, 0.2) is 0 Å². The van der Waals surface area contributed by atoms with E-state index in [9.17, 15) is 14.7 Å². The predicted octanol–water partition coefficient (Wildman–Crippen LogP) is 3.64. The molecule has 0 spiro atoms. The second-order valence-corrected chi connectivity index (χ2v) is 7.45. The Morgan fingerprint density at radius 2 is 2.03 bits per heavy atom. The van der Waals surface area contributed by atoms with Gasteiger partial charge in [0.25, 0.3) is 11.7 Å². The molecule has 1 N–H and O–H groups in total. The van der Waals surface area contributed by atoms with Crippen LogP contribution in [0, 0.1) is 6.92 Å². The van der Waals surface area contributed by atoms with Crippen LogP contribution in [0.25, 0.3) is 5.76 Å². The number of unbranched alkanes of at least 4 members (excludes halogenated alkanes) is 1. The van der Waals surface area contributed by atoms with Crippen molar-refractivity contribution in [1.82, 2.24) is 9.88 Å². The van der Waals surface area contributed by atoms with Gasteiger partial charge in [-0.3, -0.25) is 14.6 Å². The molecule has 1 fully saturated rings. The number of ketones is 1. The van der Waals surface area contributed by atoms with Gasteiger partial charge in [-0.05, 0) is 48.7 Å². The lowest BCUT2D eigenvalue weighted by atomic mass is 9.95. The smallest absolute Gasteiger partial charge is 0.295 e. The Labute approximate surface area is 182 Å². The monoisotopic (exact) mass is 424 g/mol. The number of likely N-dealkylation sites (tertiary alicyclic amines) is 1. The summed E-state index contributed by atoms with van der Waals surface area (Å²) in [7, 11) is 1.53. The van der Waals surface area contributed by atoms with Crippen molar-refractivity contribution in [2.24, 2.45) is 0 Å². The fraction of sp³-hybridized carbons (Fsp3) is 0.375. The lowest BCUT2D eigenvalue weighted by Crippen LogP contribution is -2.32. The summed E-state index contributed by atoms with van der Waals surface area (Å²) in [6.45, 7) is 5.09. The molecule has 7 heteroatoms. The number of nitrogens with zero attached hydrogens (tertiary/aromatic N) is 2. The highest BCUT2D eigenvalue weighted by Crippen LogP contribution is 2.39. The van der Waals surface area contributed by atoms with Crippen molar-refractivity contribution in [3.05, 3.63) is 65.0 Å². The Kier molecular flexibility index (Phi) is 7.41. The van der Waals surface area contributed by atoms with Crippen LogP contribution in [0.4, 0.5) is 0 Å². The first-order chi connectivity index (χ1) is 15.0. The van der Waals surface area contributed by atoms with E-state index in [-0.39, 0.29) is 24.5 Å². The number of hydrogen-bond acceptors (Lipinski definition) is 6. The molecule has 31 heavy (non-hydrogen) atoms. The Bertz CT molecular complexity index is 971. The van der Waals surface area contributed by atoms with Gasteiger partial charge < -0.3 is 19.5 Å². The van der Waals surface area contributed by atoms with Gasteiger partial charge in [0.2, 0.25) is 0 Å². The van der Waals surface area contributed by atoms with Crippen molar-refractivity contribution in [2.75, 3.05) is 26.9 Å². The molecule has 1 amide bonds. The summed E-state index contributed by atoms with van der Waals surface area (Å²) in [5.41, 5.74) is 1.99. The molecule has 1 aromatic carbocycles. The number of aliphatic hydroxyl groups is 1. The number of benzene rings is 1. The quantitative estimate of drug-likeness (QED) is 0.286. The van der Waals surface area contributed by atoms with Crippen molar-refractivity contribution in [3.63, 3.8) is 0 Å². The summed E-state index contributed by atoms with van der Waals surface area (Å²) in [6.07, 6.45) is 5.21. The van der Waals surface area contributed by atoms with Gasteiger partial charge in [-0.1, -0.05) is 19.4 Å². The maximum Gasteiger partial charge on any atom is 0.295 e. The molecule has 2 heterocycles. The van der Waals surface area contributed by atoms with Crippen molar-refractivity contribution >= 4 is 17.4 Å². The third-order valence-electron chi connectivity index (χ3n) is 5.28. The largest absolute Gasteiger partial charge is 0.507 e. The van der Waals surface area contributed by atoms with E-state index in [2.05, 4.69) is 11.9 Å². The average Bonchev–Trinajstić information content (AvgIpc) is 3.03. The number of Topliss-reactive ketones (excluding diaryl/α,β-unsaturated/α-hetero) is 1. The Balaban J connectivity index is 2.03. The van der Waals surface area contributed by atoms with E-state index in [1.165, 1.54) is 12.0 Å². The molecule has 2 aromatic rings. The second-order valence-electron chi connectivity index (χ2n) is 7.45. The van der Waals surface area contributed by atoms with Crippen LogP contribution in [0.3, 0.4) is 0 Å². The van der Waals surface area contributed by atoms with Crippen LogP contribution in [-0.4, -0.2) is 53.5 Å². The van der Waals surface area contributed by atoms with Gasteiger partial charge >= 0.3 is 0 Å². The fourth-order valence-corrected chi connectivity index (χ4v) is 3.63. The van der Waals surface area contributed by atoms with Gasteiger partial charge in [-0.15, -0.1) is 0 Å². The average molecular weight is 424 g/mol. The first-order valence-corrected chi connectivity index (χ1v) is 10.4. The Hall–Kier alpha value is -3.19. The topological polar surface area (TPSA) is 89.0 Å². The zero-order chi connectivity index (χ0) is 22.4. The normalized spacial score (nSPS) is 17.9. The minimum absolute atomic E-state index is 0.0492.